The van der Waals surface area contributed by atoms with Crippen molar-refractivity contribution < 1.29 is 29.0 Å². The summed E-state index contributed by atoms with van der Waals surface area (Å²) in [4.78, 5) is 35.0. The third kappa shape index (κ3) is 4.79. The van der Waals surface area contributed by atoms with E-state index in [1.807, 2.05) is 0 Å². The molecule has 1 atom stereocenters. The number of nitrogens with two attached hydrogens (primary N) is 1. The number of esters is 2. The van der Waals surface area contributed by atoms with Crippen molar-refractivity contribution in [2.24, 2.45) is 5.73 Å². The van der Waals surface area contributed by atoms with Crippen LogP contribution in [0.1, 0.15) is 43.1 Å². The molecule has 0 saturated heterocycles. The number of carbonyl (C=O) groups is 3. The number of carboxylic acid groups (broad SMARTS) is 1. The minimum atomic E-state index is -1.77. The number of carbonyl (C=O) groups excluding carboxylic acids is 2. The van der Waals surface area contributed by atoms with Gasteiger partial charge in [0.15, 0.2) is 5.54 Å². The smallest absolute Gasteiger partial charge is 0.335 e. The van der Waals surface area contributed by atoms with Gasteiger partial charge in [-0.05, 0) is 38.5 Å². The Hall–Kier alpha value is -2.41. The zero-order chi connectivity index (χ0) is 17.8. The minimum absolute atomic E-state index is 0.0401. The van der Waals surface area contributed by atoms with Gasteiger partial charge in [-0.25, -0.2) is 9.59 Å². The Balaban J connectivity index is 3.25. The zero-order valence-electron chi connectivity index (χ0n) is 13.6. The Labute approximate surface area is 134 Å². The summed E-state index contributed by atoms with van der Waals surface area (Å²) in [6, 6.07) is 5.38. The number of hydrogen-bond donors (Lipinski definition) is 2. The van der Waals surface area contributed by atoms with E-state index >= 15 is 0 Å². The van der Waals surface area contributed by atoms with Crippen molar-refractivity contribution in [1.29, 1.82) is 0 Å². The molecule has 7 heteroatoms. The van der Waals surface area contributed by atoms with Crippen LogP contribution < -0.4 is 5.73 Å². The molecule has 0 aliphatic carbocycles. The van der Waals surface area contributed by atoms with Crippen LogP contribution in [0.3, 0.4) is 0 Å². The Morgan fingerprint density at radius 2 is 1.65 bits per heavy atom. The Morgan fingerprint density at radius 1 is 1.13 bits per heavy atom. The first-order chi connectivity index (χ1) is 10.5. The number of aromatic carboxylic acids is 1. The van der Waals surface area contributed by atoms with Crippen LogP contribution in [0.5, 0.6) is 0 Å². The van der Waals surface area contributed by atoms with Gasteiger partial charge in [0.1, 0.15) is 5.60 Å². The van der Waals surface area contributed by atoms with Crippen molar-refractivity contribution in [1.82, 2.24) is 0 Å². The predicted octanol–water partition coefficient (Wildman–Crippen LogP) is 1.44. The molecule has 1 rings (SSSR count). The van der Waals surface area contributed by atoms with Gasteiger partial charge in [0.2, 0.25) is 0 Å². The molecule has 0 radical (unpaired) electrons. The summed E-state index contributed by atoms with van der Waals surface area (Å²) in [6.07, 6.45) is -0.426. The molecule has 7 nitrogen and oxygen atoms in total. The van der Waals surface area contributed by atoms with Crippen molar-refractivity contribution in [2.45, 2.75) is 38.3 Å². The third-order valence-corrected chi connectivity index (χ3v) is 3.06. The van der Waals surface area contributed by atoms with Crippen molar-refractivity contribution in [3.63, 3.8) is 0 Å². The quantitative estimate of drug-likeness (QED) is 0.788. The van der Waals surface area contributed by atoms with E-state index in [0.717, 1.165) is 0 Å². The van der Waals surface area contributed by atoms with Gasteiger partial charge in [-0.1, -0.05) is 12.1 Å². The number of hydrogen-bond acceptors (Lipinski definition) is 6. The summed E-state index contributed by atoms with van der Waals surface area (Å²) in [5.41, 5.74) is 3.90. The maximum Gasteiger partial charge on any atom is 0.335 e. The number of rotatable bonds is 5. The predicted molar refractivity (Wildman–Crippen MR) is 81.7 cm³/mol. The number of ether oxygens (including phenoxy) is 2. The zero-order valence-corrected chi connectivity index (χ0v) is 13.6. The lowest BCUT2D eigenvalue weighted by Gasteiger charge is -2.31. The van der Waals surface area contributed by atoms with Crippen LogP contribution in [0.4, 0.5) is 0 Å². The SMILES string of the molecule is COC(=O)CC(N)(C(=O)OC(C)(C)C)c1ccc(C(=O)O)cc1. The lowest BCUT2D eigenvalue weighted by Crippen LogP contribution is -2.50. The first kappa shape index (κ1) is 18.6. The molecule has 1 aromatic carbocycles. The first-order valence-corrected chi connectivity index (χ1v) is 6.92. The Bertz CT molecular complexity index is 602. The van der Waals surface area contributed by atoms with Gasteiger partial charge in [-0.15, -0.1) is 0 Å². The molecular weight excluding hydrogens is 302 g/mol. The maximum absolute atomic E-state index is 12.5. The highest BCUT2D eigenvalue weighted by molar-refractivity contribution is 5.90. The highest BCUT2D eigenvalue weighted by Crippen LogP contribution is 2.27. The molecule has 0 heterocycles. The van der Waals surface area contributed by atoms with Gasteiger partial charge >= 0.3 is 17.9 Å². The van der Waals surface area contributed by atoms with Crippen molar-refractivity contribution in [3.8, 4) is 0 Å². The largest absolute Gasteiger partial charge is 0.478 e. The van der Waals surface area contributed by atoms with Gasteiger partial charge in [0.05, 0.1) is 19.1 Å². The van der Waals surface area contributed by atoms with Crippen LogP contribution in [0.25, 0.3) is 0 Å². The fourth-order valence-electron chi connectivity index (χ4n) is 1.87. The van der Waals surface area contributed by atoms with Crippen LogP contribution in [0.15, 0.2) is 24.3 Å². The lowest BCUT2D eigenvalue weighted by atomic mass is 9.87. The van der Waals surface area contributed by atoms with Gasteiger partial charge in [-0.2, -0.15) is 0 Å². The van der Waals surface area contributed by atoms with Crippen LogP contribution in [-0.4, -0.2) is 35.7 Å². The average Bonchev–Trinajstić information content (AvgIpc) is 2.45. The van der Waals surface area contributed by atoms with Crippen molar-refractivity contribution in [2.75, 3.05) is 7.11 Å². The average molecular weight is 323 g/mol. The molecule has 23 heavy (non-hydrogen) atoms. The summed E-state index contributed by atoms with van der Waals surface area (Å²) in [6.45, 7) is 5.03. The molecular formula is C16H21NO6. The fourth-order valence-corrected chi connectivity index (χ4v) is 1.87. The summed E-state index contributed by atoms with van der Waals surface area (Å²) in [5, 5.41) is 8.93. The summed E-state index contributed by atoms with van der Waals surface area (Å²) < 4.78 is 9.88. The number of benzene rings is 1. The van der Waals surface area contributed by atoms with E-state index in [9.17, 15) is 14.4 Å². The van der Waals surface area contributed by atoms with E-state index in [0.29, 0.717) is 0 Å². The standard InChI is InChI=1S/C16H21NO6/c1-15(2,3)23-14(21)16(17,9-12(18)22-4)11-7-5-10(6-8-11)13(19)20/h5-8H,9,17H2,1-4H3,(H,19,20). The number of carboxylic acids is 1. The van der Waals surface area contributed by atoms with Gasteiger partial charge in [0.25, 0.3) is 0 Å². The maximum atomic E-state index is 12.5. The minimum Gasteiger partial charge on any atom is -0.478 e. The molecule has 1 aromatic rings. The van der Waals surface area contributed by atoms with E-state index in [1.54, 1.807) is 20.8 Å². The van der Waals surface area contributed by atoms with E-state index in [4.69, 9.17) is 15.6 Å². The Kier molecular flexibility index (Phi) is 5.50. The second kappa shape index (κ2) is 6.78. The molecule has 0 aromatic heterocycles. The molecule has 0 spiro atoms. The second-order valence-electron chi connectivity index (χ2n) is 6.11. The van der Waals surface area contributed by atoms with E-state index in [2.05, 4.69) is 4.74 Å². The highest BCUT2D eigenvalue weighted by Gasteiger charge is 2.42. The number of methoxy groups -OCH3 is 1. The van der Waals surface area contributed by atoms with Gasteiger partial charge in [0, 0.05) is 0 Å². The van der Waals surface area contributed by atoms with Crippen LogP contribution >= 0.6 is 0 Å². The molecule has 126 valence electrons. The molecule has 0 fully saturated rings. The van der Waals surface area contributed by atoms with Crippen molar-refractivity contribution >= 4 is 17.9 Å². The van der Waals surface area contributed by atoms with Gasteiger partial charge < -0.3 is 20.3 Å². The van der Waals surface area contributed by atoms with Gasteiger partial charge in [-0.3, -0.25) is 4.79 Å². The van der Waals surface area contributed by atoms with Crippen molar-refractivity contribution in [3.05, 3.63) is 35.4 Å². The topological polar surface area (TPSA) is 116 Å². The molecule has 0 aliphatic rings. The highest BCUT2D eigenvalue weighted by atomic mass is 16.6. The van der Waals surface area contributed by atoms with Crippen LogP contribution in [0, 0.1) is 0 Å². The fraction of sp³-hybridized carbons (Fsp3) is 0.438. The van der Waals surface area contributed by atoms with E-state index < -0.39 is 35.5 Å². The molecule has 0 saturated carbocycles. The molecule has 0 bridgehead atoms. The molecule has 0 aliphatic heterocycles. The molecule has 0 amide bonds. The summed E-state index contributed by atoms with van der Waals surface area (Å²) in [7, 11) is 1.19. The molecule has 1 unspecified atom stereocenters. The molecule has 3 N–H and O–H groups in total. The summed E-state index contributed by atoms with van der Waals surface area (Å²) >= 11 is 0. The lowest BCUT2D eigenvalue weighted by molar-refractivity contribution is -0.165. The van der Waals surface area contributed by atoms with Crippen LogP contribution in [-0.2, 0) is 24.6 Å². The van der Waals surface area contributed by atoms with E-state index in [-0.39, 0.29) is 11.1 Å². The Morgan fingerprint density at radius 3 is 2.04 bits per heavy atom. The van der Waals surface area contributed by atoms with Crippen LogP contribution in [0.2, 0.25) is 0 Å². The first-order valence-electron chi connectivity index (χ1n) is 6.92. The second-order valence-corrected chi connectivity index (χ2v) is 6.11. The normalized spacial score (nSPS) is 13.8. The third-order valence-electron chi connectivity index (χ3n) is 3.06. The van der Waals surface area contributed by atoms with E-state index in [1.165, 1.54) is 31.4 Å². The summed E-state index contributed by atoms with van der Waals surface area (Å²) in [5.74, 6) is -2.58. The monoisotopic (exact) mass is 323 g/mol.